The maximum atomic E-state index is 13.6. The van der Waals surface area contributed by atoms with Crippen molar-refractivity contribution in [3.63, 3.8) is 0 Å². The van der Waals surface area contributed by atoms with Crippen molar-refractivity contribution in [3.05, 3.63) is 35.1 Å². The molecular formula is C18H27ClFN3O2. The smallest absolute Gasteiger partial charge is 0.254 e. The average molecular weight is 372 g/mol. The molecule has 0 saturated carbocycles. The van der Waals surface area contributed by atoms with E-state index >= 15 is 0 Å². The minimum atomic E-state index is -0.564. The summed E-state index contributed by atoms with van der Waals surface area (Å²) in [6.45, 7) is 9.20. The first-order valence-electron chi connectivity index (χ1n) is 8.21. The Morgan fingerprint density at radius 3 is 2.12 bits per heavy atom. The van der Waals surface area contributed by atoms with Crippen LogP contribution in [0.25, 0.3) is 0 Å². The highest BCUT2D eigenvalue weighted by molar-refractivity contribution is 5.94. The Labute approximate surface area is 154 Å². The number of nitrogens with two attached hydrogens (primary N) is 1. The highest BCUT2D eigenvalue weighted by Crippen LogP contribution is 2.20. The van der Waals surface area contributed by atoms with E-state index < -0.39 is 6.04 Å². The standard InChI is InChI=1S/C18H26FN3O2.ClH/c1-12-5-6-13(11-14(12)19)16(23)21-7-9-22(10-8-21)17(24)15(20)18(2,3)4;/h5-6,11,15H,7-10,20H2,1-4H3;1H/t15-;/m1./s1. The first kappa shape index (κ1) is 21.4. The van der Waals surface area contributed by atoms with Crippen molar-refractivity contribution >= 4 is 24.2 Å². The molecule has 7 heteroatoms. The van der Waals surface area contributed by atoms with E-state index in [1.54, 1.807) is 28.9 Å². The van der Waals surface area contributed by atoms with Gasteiger partial charge in [0, 0.05) is 31.7 Å². The lowest BCUT2D eigenvalue weighted by Gasteiger charge is -2.38. The van der Waals surface area contributed by atoms with Gasteiger partial charge in [-0.05, 0) is 30.0 Å². The lowest BCUT2D eigenvalue weighted by Crippen LogP contribution is -2.56. The van der Waals surface area contributed by atoms with Crippen molar-refractivity contribution in [2.24, 2.45) is 11.1 Å². The summed E-state index contributed by atoms with van der Waals surface area (Å²) in [7, 11) is 0. The SMILES string of the molecule is Cc1ccc(C(=O)N2CCN(C(=O)[C@@H](N)C(C)(C)C)CC2)cc1F.Cl. The van der Waals surface area contributed by atoms with Crippen LogP contribution in [0.2, 0.25) is 0 Å². The third kappa shape index (κ3) is 4.92. The number of halogens is 2. The Balaban J connectivity index is 0.00000312. The lowest BCUT2D eigenvalue weighted by atomic mass is 9.86. The van der Waals surface area contributed by atoms with Gasteiger partial charge in [-0.25, -0.2) is 4.39 Å². The molecule has 1 aliphatic rings. The van der Waals surface area contributed by atoms with Crippen LogP contribution in [0.3, 0.4) is 0 Å². The topological polar surface area (TPSA) is 66.6 Å². The number of rotatable bonds is 2. The summed E-state index contributed by atoms with van der Waals surface area (Å²) in [5, 5.41) is 0. The molecule has 1 fully saturated rings. The molecule has 2 amide bonds. The maximum Gasteiger partial charge on any atom is 0.254 e. The van der Waals surface area contributed by atoms with Crippen LogP contribution in [0.4, 0.5) is 4.39 Å². The minimum Gasteiger partial charge on any atom is -0.338 e. The van der Waals surface area contributed by atoms with Gasteiger partial charge in [0.05, 0.1) is 6.04 Å². The predicted octanol–water partition coefficient (Wildman–Crippen LogP) is 2.21. The molecule has 1 aromatic rings. The Bertz CT molecular complexity index is 638. The first-order valence-corrected chi connectivity index (χ1v) is 8.21. The zero-order chi connectivity index (χ0) is 18.1. The maximum absolute atomic E-state index is 13.6. The Kier molecular flexibility index (Phi) is 6.97. The van der Waals surface area contributed by atoms with Gasteiger partial charge in [0.25, 0.3) is 5.91 Å². The second-order valence-electron chi connectivity index (χ2n) is 7.43. The molecule has 0 unspecified atom stereocenters. The van der Waals surface area contributed by atoms with Crippen molar-refractivity contribution in [2.45, 2.75) is 33.7 Å². The molecule has 1 saturated heterocycles. The fraction of sp³-hybridized carbons (Fsp3) is 0.556. The molecule has 25 heavy (non-hydrogen) atoms. The van der Waals surface area contributed by atoms with Crippen molar-refractivity contribution in [1.82, 2.24) is 9.80 Å². The number of hydrogen-bond acceptors (Lipinski definition) is 3. The molecule has 2 N–H and O–H groups in total. The molecule has 1 heterocycles. The van der Waals surface area contributed by atoms with Gasteiger partial charge in [0.2, 0.25) is 5.91 Å². The van der Waals surface area contributed by atoms with Crippen LogP contribution in [0.15, 0.2) is 18.2 Å². The average Bonchev–Trinajstić information content (AvgIpc) is 2.54. The van der Waals surface area contributed by atoms with Crippen LogP contribution < -0.4 is 5.73 Å². The first-order chi connectivity index (χ1) is 11.1. The second kappa shape index (κ2) is 8.15. The molecule has 0 aromatic heterocycles. The van der Waals surface area contributed by atoms with Crippen LogP contribution in [-0.4, -0.2) is 53.8 Å². The van der Waals surface area contributed by atoms with E-state index in [9.17, 15) is 14.0 Å². The summed E-state index contributed by atoms with van der Waals surface area (Å²) >= 11 is 0. The molecule has 5 nitrogen and oxygen atoms in total. The summed E-state index contributed by atoms with van der Waals surface area (Å²) in [5.74, 6) is -0.678. The summed E-state index contributed by atoms with van der Waals surface area (Å²) in [6, 6.07) is 3.94. The Morgan fingerprint density at radius 1 is 1.12 bits per heavy atom. The quantitative estimate of drug-likeness (QED) is 0.866. The van der Waals surface area contributed by atoms with E-state index in [4.69, 9.17) is 5.73 Å². The van der Waals surface area contributed by atoms with E-state index in [0.29, 0.717) is 37.3 Å². The fourth-order valence-electron chi connectivity index (χ4n) is 2.61. The molecule has 0 aliphatic carbocycles. The minimum absolute atomic E-state index is 0. The largest absolute Gasteiger partial charge is 0.338 e. The van der Waals surface area contributed by atoms with E-state index in [-0.39, 0.29) is 35.5 Å². The van der Waals surface area contributed by atoms with Gasteiger partial charge < -0.3 is 15.5 Å². The second-order valence-corrected chi connectivity index (χ2v) is 7.43. The van der Waals surface area contributed by atoms with Crippen LogP contribution in [0.5, 0.6) is 0 Å². The molecule has 0 spiro atoms. The van der Waals surface area contributed by atoms with Gasteiger partial charge in [-0.2, -0.15) is 0 Å². The molecule has 1 aromatic carbocycles. The Hall–Kier alpha value is -1.66. The number of carbonyl (C=O) groups is 2. The number of piperazine rings is 1. The number of benzene rings is 1. The molecule has 0 radical (unpaired) electrons. The lowest BCUT2D eigenvalue weighted by molar-refractivity contribution is -0.136. The zero-order valence-electron chi connectivity index (χ0n) is 15.2. The van der Waals surface area contributed by atoms with Gasteiger partial charge in [-0.3, -0.25) is 9.59 Å². The van der Waals surface area contributed by atoms with Crippen molar-refractivity contribution in [1.29, 1.82) is 0 Å². The summed E-state index contributed by atoms with van der Waals surface area (Å²) in [4.78, 5) is 28.2. The van der Waals surface area contributed by atoms with Crippen LogP contribution in [0, 0.1) is 18.2 Å². The number of carbonyl (C=O) groups excluding carboxylic acids is 2. The van der Waals surface area contributed by atoms with E-state index in [2.05, 4.69) is 0 Å². The van der Waals surface area contributed by atoms with Crippen molar-refractivity contribution in [2.75, 3.05) is 26.2 Å². The molecule has 1 aliphatic heterocycles. The summed E-state index contributed by atoms with van der Waals surface area (Å²) < 4.78 is 13.6. The van der Waals surface area contributed by atoms with Crippen LogP contribution in [0.1, 0.15) is 36.7 Å². The molecule has 1 atom stereocenters. The van der Waals surface area contributed by atoms with Gasteiger partial charge in [-0.1, -0.05) is 26.8 Å². The molecular weight excluding hydrogens is 345 g/mol. The van der Waals surface area contributed by atoms with Crippen LogP contribution >= 0.6 is 12.4 Å². The van der Waals surface area contributed by atoms with E-state index in [1.807, 2.05) is 20.8 Å². The van der Waals surface area contributed by atoms with E-state index in [1.165, 1.54) is 6.07 Å². The summed E-state index contributed by atoms with van der Waals surface area (Å²) in [6.07, 6.45) is 0. The predicted molar refractivity (Wildman–Crippen MR) is 98.3 cm³/mol. The highest BCUT2D eigenvalue weighted by atomic mass is 35.5. The number of aryl methyl sites for hydroxylation is 1. The number of nitrogens with zero attached hydrogens (tertiary/aromatic N) is 2. The summed E-state index contributed by atoms with van der Waals surface area (Å²) in [5.41, 5.74) is 6.58. The Morgan fingerprint density at radius 2 is 1.64 bits per heavy atom. The van der Waals surface area contributed by atoms with Gasteiger partial charge in [0.1, 0.15) is 5.82 Å². The normalized spacial score (nSPS) is 16.2. The van der Waals surface area contributed by atoms with Crippen molar-refractivity contribution < 1.29 is 14.0 Å². The van der Waals surface area contributed by atoms with Crippen LogP contribution in [-0.2, 0) is 4.79 Å². The molecule has 140 valence electrons. The number of amides is 2. The zero-order valence-corrected chi connectivity index (χ0v) is 16.0. The van der Waals surface area contributed by atoms with Gasteiger partial charge >= 0.3 is 0 Å². The van der Waals surface area contributed by atoms with Gasteiger partial charge in [-0.15, -0.1) is 12.4 Å². The van der Waals surface area contributed by atoms with Gasteiger partial charge in [0.15, 0.2) is 0 Å². The third-order valence-electron chi connectivity index (χ3n) is 4.50. The number of hydrogen-bond donors (Lipinski definition) is 1. The molecule has 0 bridgehead atoms. The van der Waals surface area contributed by atoms with Crippen molar-refractivity contribution in [3.8, 4) is 0 Å². The van der Waals surface area contributed by atoms with E-state index in [0.717, 1.165) is 0 Å². The molecule has 2 rings (SSSR count). The highest BCUT2D eigenvalue weighted by Gasteiger charge is 2.33. The monoisotopic (exact) mass is 371 g/mol. The fourth-order valence-corrected chi connectivity index (χ4v) is 2.61. The third-order valence-corrected chi connectivity index (χ3v) is 4.50.